The summed E-state index contributed by atoms with van der Waals surface area (Å²) in [6, 6.07) is 0. The molecule has 0 aromatic rings. The van der Waals surface area contributed by atoms with Crippen LogP contribution >= 0.6 is 0 Å². The fraction of sp³-hybridized carbons (Fsp3) is 0.829. The van der Waals surface area contributed by atoms with Gasteiger partial charge in [0.25, 0.3) is 0 Å². The van der Waals surface area contributed by atoms with Gasteiger partial charge >= 0.3 is 17.9 Å². The number of hydrogen-bond donors (Lipinski definition) is 0. The topological polar surface area (TPSA) is 78.9 Å². The Balaban J connectivity index is 4.27. The van der Waals surface area contributed by atoms with E-state index in [9.17, 15) is 14.4 Å². The SMILES string of the molecule is CC/C=C\C/C=C\C/C=C\C/C=C\C/C=C\CC(=O)OCC(COC(=O)CCCCCCCCCCCCCCCCCCCCCCCCCCCCCC)OC(=O)CCCCCCCCCCCCCCCCCCCCCCC. The van der Waals surface area contributed by atoms with Gasteiger partial charge in [-0.25, -0.2) is 0 Å². The van der Waals surface area contributed by atoms with Crippen molar-refractivity contribution < 1.29 is 28.6 Å². The summed E-state index contributed by atoms with van der Waals surface area (Å²) in [7, 11) is 0. The largest absolute Gasteiger partial charge is 0.462 e. The molecule has 0 aromatic carbocycles. The highest BCUT2D eigenvalue weighted by atomic mass is 16.6. The van der Waals surface area contributed by atoms with E-state index in [4.69, 9.17) is 14.2 Å². The zero-order valence-corrected chi connectivity index (χ0v) is 55.0. The third-order valence-electron chi connectivity index (χ3n) is 16.3. The van der Waals surface area contributed by atoms with E-state index in [2.05, 4.69) is 69.4 Å². The van der Waals surface area contributed by atoms with Crippen LogP contribution in [0.3, 0.4) is 0 Å². The van der Waals surface area contributed by atoms with E-state index in [1.165, 1.54) is 276 Å². The molecule has 1 unspecified atom stereocenters. The van der Waals surface area contributed by atoms with Crippen molar-refractivity contribution in [2.24, 2.45) is 0 Å². The normalized spacial score (nSPS) is 12.4. The number of hydrogen-bond acceptors (Lipinski definition) is 6. The maximum atomic E-state index is 12.9. The van der Waals surface area contributed by atoms with Crippen LogP contribution in [-0.4, -0.2) is 37.2 Å². The van der Waals surface area contributed by atoms with E-state index < -0.39 is 12.1 Å². The lowest BCUT2D eigenvalue weighted by molar-refractivity contribution is -0.166. The molecule has 0 spiro atoms. The summed E-state index contributed by atoms with van der Waals surface area (Å²) in [5.41, 5.74) is 0. The molecule has 6 nitrogen and oxygen atoms in total. The molecule has 1 atom stereocenters. The van der Waals surface area contributed by atoms with Crippen molar-refractivity contribution in [1.29, 1.82) is 0 Å². The van der Waals surface area contributed by atoms with Crippen LogP contribution < -0.4 is 0 Å². The zero-order valence-electron chi connectivity index (χ0n) is 55.0. The summed E-state index contributed by atoms with van der Waals surface area (Å²) in [5, 5.41) is 0. The Kier molecular flexibility index (Phi) is 68.1. The quantitative estimate of drug-likeness (QED) is 0.0261. The van der Waals surface area contributed by atoms with E-state index in [1.807, 2.05) is 12.2 Å². The number of unbranched alkanes of at least 4 members (excludes halogenated alkanes) is 47. The second-order valence-electron chi connectivity index (χ2n) is 24.5. The molecule has 0 saturated heterocycles. The molecule has 0 fully saturated rings. The van der Waals surface area contributed by atoms with Crippen LogP contribution in [0, 0.1) is 0 Å². The second kappa shape index (κ2) is 70.6. The van der Waals surface area contributed by atoms with Gasteiger partial charge in [0.1, 0.15) is 13.2 Å². The lowest BCUT2D eigenvalue weighted by Gasteiger charge is -2.18. The van der Waals surface area contributed by atoms with Crippen LogP contribution in [0.2, 0.25) is 0 Å². The van der Waals surface area contributed by atoms with Crippen LogP contribution in [0.5, 0.6) is 0 Å². The molecule has 0 amide bonds. The average molecular weight is 1150 g/mol. The Labute approximate surface area is 510 Å². The van der Waals surface area contributed by atoms with Crippen molar-refractivity contribution in [2.75, 3.05) is 13.2 Å². The molecule has 0 radical (unpaired) electrons. The highest BCUT2D eigenvalue weighted by Gasteiger charge is 2.19. The van der Waals surface area contributed by atoms with Crippen LogP contribution in [0.1, 0.15) is 387 Å². The van der Waals surface area contributed by atoms with Crippen molar-refractivity contribution in [2.45, 2.75) is 393 Å². The molecule has 82 heavy (non-hydrogen) atoms. The first kappa shape index (κ1) is 79.1. The van der Waals surface area contributed by atoms with Gasteiger partial charge in [-0.05, 0) is 44.9 Å². The van der Waals surface area contributed by atoms with Crippen LogP contribution in [0.4, 0.5) is 0 Å². The lowest BCUT2D eigenvalue weighted by atomic mass is 10.0. The van der Waals surface area contributed by atoms with Gasteiger partial charge in [-0.3, -0.25) is 14.4 Å². The van der Waals surface area contributed by atoms with Gasteiger partial charge in [0.2, 0.25) is 0 Å². The highest BCUT2D eigenvalue weighted by Crippen LogP contribution is 2.19. The summed E-state index contributed by atoms with van der Waals surface area (Å²) in [6.07, 6.45) is 91.6. The number of rotatable bonds is 67. The number of allylic oxidation sites excluding steroid dienone is 9. The Morgan fingerprint density at radius 3 is 0.744 bits per heavy atom. The minimum Gasteiger partial charge on any atom is -0.462 e. The van der Waals surface area contributed by atoms with E-state index in [1.54, 1.807) is 0 Å². The number of carbonyl (C=O) groups excluding carboxylic acids is 3. The van der Waals surface area contributed by atoms with Gasteiger partial charge in [-0.15, -0.1) is 0 Å². The summed E-state index contributed by atoms with van der Waals surface area (Å²) in [5.74, 6) is -1.01. The lowest BCUT2D eigenvalue weighted by Crippen LogP contribution is -2.30. The molecule has 0 aliphatic carbocycles. The van der Waals surface area contributed by atoms with E-state index in [-0.39, 0.29) is 31.6 Å². The molecule has 0 bridgehead atoms. The first-order valence-corrected chi connectivity index (χ1v) is 36.3. The van der Waals surface area contributed by atoms with Gasteiger partial charge < -0.3 is 14.2 Å². The zero-order chi connectivity index (χ0) is 59.2. The molecular formula is C76H138O6. The minimum absolute atomic E-state index is 0.0988. The van der Waals surface area contributed by atoms with E-state index in [0.29, 0.717) is 12.8 Å². The van der Waals surface area contributed by atoms with Crippen molar-refractivity contribution in [3.05, 3.63) is 60.8 Å². The number of esters is 3. The van der Waals surface area contributed by atoms with Gasteiger partial charge in [0.15, 0.2) is 6.10 Å². The number of carbonyl (C=O) groups is 3. The van der Waals surface area contributed by atoms with E-state index >= 15 is 0 Å². The monoisotopic (exact) mass is 1150 g/mol. The van der Waals surface area contributed by atoms with Crippen LogP contribution in [-0.2, 0) is 28.6 Å². The summed E-state index contributed by atoms with van der Waals surface area (Å²) >= 11 is 0. The fourth-order valence-corrected chi connectivity index (χ4v) is 10.9. The molecule has 478 valence electrons. The molecule has 0 heterocycles. The Bertz CT molecular complexity index is 1460. The van der Waals surface area contributed by atoms with Crippen molar-refractivity contribution in [3.63, 3.8) is 0 Å². The predicted molar refractivity (Wildman–Crippen MR) is 358 cm³/mol. The van der Waals surface area contributed by atoms with Crippen molar-refractivity contribution >= 4 is 17.9 Å². The molecule has 6 heteroatoms. The molecule has 0 rings (SSSR count). The smallest absolute Gasteiger partial charge is 0.309 e. The third-order valence-corrected chi connectivity index (χ3v) is 16.3. The van der Waals surface area contributed by atoms with Gasteiger partial charge in [-0.1, -0.05) is 383 Å². The Hall–Kier alpha value is -2.89. The first-order valence-electron chi connectivity index (χ1n) is 36.3. The first-order chi connectivity index (χ1) is 40.5. The van der Waals surface area contributed by atoms with Gasteiger partial charge in [0.05, 0.1) is 6.42 Å². The molecule has 0 aliphatic rings. The van der Waals surface area contributed by atoms with Crippen LogP contribution in [0.25, 0.3) is 0 Å². The van der Waals surface area contributed by atoms with Gasteiger partial charge in [0, 0.05) is 12.8 Å². The van der Waals surface area contributed by atoms with Crippen molar-refractivity contribution in [1.82, 2.24) is 0 Å². The van der Waals surface area contributed by atoms with Crippen LogP contribution in [0.15, 0.2) is 60.8 Å². The average Bonchev–Trinajstić information content (AvgIpc) is 3.47. The standard InChI is InChI=1S/C76H138O6/c1-4-7-10-13-16-19-22-25-28-30-32-34-35-36-37-38-39-40-42-43-45-48-51-54-57-60-63-66-69-75(78)81-72-73(71-80-74(77)68-65-62-59-56-53-50-47-27-24-21-18-15-12-9-6-3)82-76(79)70-67-64-61-58-55-52-49-46-44-41-33-31-29-26-23-20-17-14-11-8-5-2/h9,12,18,21,27,47,53,56,62,65,73H,4-8,10-11,13-17,19-20,22-26,28-46,48-52,54-55,57-61,63-64,66-72H2,1-3H3/b12-9-,21-18-,47-27-,56-53-,65-62-. The summed E-state index contributed by atoms with van der Waals surface area (Å²) in [4.78, 5) is 38.4. The minimum atomic E-state index is -0.813. The number of ether oxygens (including phenoxy) is 3. The van der Waals surface area contributed by atoms with Gasteiger partial charge in [-0.2, -0.15) is 0 Å². The second-order valence-corrected chi connectivity index (χ2v) is 24.5. The maximum absolute atomic E-state index is 12.9. The highest BCUT2D eigenvalue weighted by molar-refractivity contribution is 5.72. The summed E-state index contributed by atoms with van der Waals surface area (Å²) < 4.78 is 16.9. The van der Waals surface area contributed by atoms with Crippen molar-refractivity contribution in [3.8, 4) is 0 Å². The third kappa shape index (κ3) is 67.9. The molecule has 0 aliphatic heterocycles. The predicted octanol–water partition coefficient (Wildman–Crippen LogP) is 25.1. The fourth-order valence-electron chi connectivity index (χ4n) is 10.9. The Morgan fingerprint density at radius 1 is 0.256 bits per heavy atom. The molecule has 0 saturated carbocycles. The van der Waals surface area contributed by atoms with E-state index in [0.717, 1.165) is 70.6 Å². The maximum Gasteiger partial charge on any atom is 0.309 e. The summed E-state index contributed by atoms with van der Waals surface area (Å²) in [6.45, 7) is 6.52. The molecule has 0 aromatic heterocycles. The molecule has 0 N–H and O–H groups in total. The Morgan fingerprint density at radius 2 is 0.476 bits per heavy atom. The molecular weight excluding hydrogens is 1010 g/mol.